The molecule has 1 aliphatic heterocycles. The van der Waals surface area contributed by atoms with Crippen LogP contribution >= 0.6 is 0 Å². The van der Waals surface area contributed by atoms with Crippen molar-refractivity contribution in [2.45, 2.75) is 29.8 Å². The summed E-state index contributed by atoms with van der Waals surface area (Å²) in [5, 5.41) is 12.0. The van der Waals surface area contributed by atoms with Crippen molar-refractivity contribution < 1.29 is 23.1 Å². The highest BCUT2D eigenvalue weighted by Crippen LogP contribution is 2.24. The number of carboxylic acid groups (broad SMARTS) is 1. The van der Waals surface area contributed by atoms with Crippen LogP contribution in [-0.4, -0.2) is 74.1 Å². The third-order valence-corrected chi connectivity index (χ3v) is 7.98. The van der Waals surface area contributed by atoms with Crippen molar-refractivity contribution in [2.75, 3.05) is 36.5 Å². The Balaban J connectivity index is 1.30. The Hall–Kier alpha value is -4.03. The highest BCUT2D eigenvalue weighted by atomic mass is 32.2. The molecule has 3 aromatic rings. The molecule has 12 heteroatoms. The van der Waals surface area contributed by atoms with E-state index in [1.54, 1.807) is 36.7 Å². The van der Waals surface area contributed by atoms with Gasteiger partial charge in [0.2, 0.25) is 16.0 Å². The first kappa shape index (κ1) is 27.0. The molecule has 2 aromatic carbocycles. The van der Waals surface area contributed by atoms with Crippen molar-refractivity contribution in [1.82, 2.24) is 20.0 Å². The molecule has 0 bridgehead atoms. The minimum absolute atomic E-state index is 0.0581. The van der Waals surface area contributed by atoms with Crippen molar-refractivity contribution >= 4 is 33.5 Å². The molecule has 2 heterocycles. The summed E-state index contributed by atoms with van der Waals surface area (Å²) in [5.74, 6) is -1.18. The lowest BCUT2D eigenvalue weighted by Crippen LogP contribution is -2.48. The Labute approximate surface area is 221 Å². The molecule has 38 heavy (non-hydrogen) atoms. The molecule has 1 saturated heterocycles. The van der Waals surface area contributed by atoms with Crippen LogP contribution in [-0.2, 0) is 14.8 Å². The van der Waals surface area contributed by atoms with Gasteiger partial charge in [-0.3, -0.25) is 9.59 Å². The van der Waals surface area contributed by atoms with Gasteiger partial charge in [-0.05, 0) is 55.3 Å². The number of hydrogen-bond donors (Lipinski definition) is 3. The molecule has 4 rings (SSSR count). The lowest BCUT2D eigenvalue weighted by atomic mass is 10.0. The van der Waals surface area contributed by atoms with Gasteiger partial charge < -0.3 is 20.2 Å². The molecule has 3 N–H and O–H groups in total. The quantitative estimate of drug-likeness (QED) is 0.351. The number of rotatable bonds is 10. The SMILES string of the molecule is CN(c1ncccn1)C1CCN(c2ccc(C(=O)NC[C@H](NS(=O)(=O)c3ccccc3)C(=O)O)cc2)CC1. The van der Waals surface area contributed by atoms with Crippen LogP contribution in [0.1, 0.15) is 23.2 Å². The maximum Gasteiger partial charge on any atom is 0.323 e. The van der Waals surface area contributed by atoms with Crippen molar-refractivity contribution in [3.63, 3.8) is 0 Å². The Morgan fingerprint density at radius 1 is 1.03 bits per heavy atom. The normalized spacial score (nSPS) is 15.0. The van der Waals surface area contributed by atoms with E-state index in [9.17, 15) is 23.1 Å². The second-order valence-electron chi connectivity index (χ2n) is 8.96. The van der Waals surface area contributed by atoms with Gasteiger partial charge in [0.25, 0.3) is 5.91 Å². The number of aliphatic carboxylic acids is 1. The van der Waals surface area contributed by atoms with Crippen LogP contribution in [0.2, 0.25) is 0 Å². The fraction of sp³-hybridized carbons (Fsp3) is 0.308. The monoisotopic (exact) mass is 538 g/mol. The van der Waals surface area contributed by atoms with E-state index in [-0.39, 0.29) is 4.90 Å². The number of anilines is 2. The number of benzene rings is 2. The first-order chi connectivity index (χ1) is 18.2. The molecule has 0 spiro atoms. The number of nitrogens with one attached hydrogen (secondary N) is 2. The van der Waals surface area contributed by atoms with E-state index in [1.165, 1.54) is 24.3 Å². The van der Waals surface area contributed by atoms with Crippen LogP contribution in [0.4, 0.5) is 11.6 Å². The molecule has 1 amide bonds. The van der Waals surface area contributed by atoms with E-state index >= 15 is 0 Å². The van der Waals surface area contributed by atoms with Crippen molar-refractivity contribution in [3.05, 3.63) is 78.6 Å². The molecule has 1 fully saturated rings. The van der Waals surface area contributed by atoms with Gasteiger partial charge in [-0.2, -0.15) is 4.72 Å². The van der Waals surface area contributed by atoms with Gasteiger partial charge in [0.15, 0.2) is 0 Å². The van der Waals surface area contributed by atoms with Crippen LogP contribution in [0, 0.1) is 0 Å². The first-order valence-corrected chi connectivity index (χ1v) is 13.7. The number of carboxylic acids is 1. The van der Waals surface area contributed by atoms with Gasteiger partial charge in [-0.1, -0.05) is 18.2 Å². The first-order valence-electron chi connectivity index (χ1n) is 12.2. The Kier molecular flexibility index (Phi) is 8.54. The third kappa shape index (κ3) is 6.64. The molecule has 1 atom stereocenters. The molecular formula is C26H30N6O5S. The minimum atomic E-state index is -4.06. The minimum Gasteiger partial charge on any atom is -0.480 e. The van der Waals surface area contributed by atoms with E-state index in [1.807, 2.05) is 19.2 Å². The summed E-state index contributed by atoms with van der Waals surface area (Å²) >= 11 is 0. The zero-order chi connectivity index (χ0) is 27.1. The predicted octanol–water partition coefficient (Wildman–Crippen LogP) is 1.74. The highest BCUT2D eigenvalue weighted by Gasteiger charge is 2.27. The highest BCUT2D eigenvalue weighted by molar-refractivity contribution is 7.89. The number of piperidine rings is 1. The van der Waals surface area contributed by atoms with Gasteiger partial charge in [0, 0.05) is 56.4 Å². The number of carbonyl (C=O) groups is 2. The second kappa shape index (κ2) is 12.0. The lowest BCUT2D eigenvalue weighted by Gasteiger charge is -2.37. The summed E-state index contributed by atoms with van der Waals surface area (Å²) in [4.78, 5) is 37.2. The van der Waals surface area contributed by atoms with Gasteiger partial charge >= 0.3 is 5.97 Å². The number of nitrogens with zero attached hydrogens (tertiary/aromatic N) is 4. The second-order valence-corrected chi connectivity index (χ2v) is 10.7. The zero-order valence-corrected chi connectivity index (χ0v) is 21.7. The van der Waals surface area contributed by atoms with Gasteiger partial charge in [0.05, 0.1) is 4.90 Å². The molecule has 0 radical (unpaired) electrons. The summed E-state index contributed by atoms with van der Waals surface area (Å²) in [5.41, 5.74) is 1.33. The number of carbonyl (C=O) groups excluding carboxylic acids is 1. The molecule has 0 aliphatic carbocycles. The van der Waals surface area contributed by atoms with E-state index < -0.39 is 34.5 Å². The maximum atomic E-state index is 12.6. The Morgan fingerprint density at radius 3 is 2.26 bits per heavy atom. The molecule has 0 unspecified atom stereocenters. The molecule has 1 aliphatic rings. The van der Waals surface area contributed by atoms with Crippen LogP contribution in [0.5, 0.6) is 0 Å². The molecule has 200 valence electrons. The standard InChI is InChI=1S/C26H30N6O5S/c1-31(26-27-14-5-15-28-26)20-12-16-32(17-13-20)21-10-8-19(9-11-21)24(33)29-18-23(25(34)35)30-38(36,37)22-6-3-2-4-7-22/h2-11,14-15,20,23,30H,12-13,16-18H2,1H3,(H,29,33)(H,34,35)/t23-/m0/s1. The summed E-state index contributed by atoms with van der Waals surface area (Å²) in [6.07, 6.45) is 5.34. The van der Waals surface area contributed by atoms with Crippen molar-refractivity contribution in [3.8, 4) is 0 Å². The van der Waals surface area contributed by atoms with Crippen molar-refractivity contribution in [1.29, 1.82) is 0 Å². The van der Waals surface area contributed by atoms with E-state index in [0.717, 1.165) is 31.6 Å². The fourth-order valence-corrected chi connectivity index (χ4v) is 5.51. The Bertz CT molecular complexity index is 1330. The fourth-order valence-electron chi connectivity index (χ4n) is 4.30. The lowest BCUT2D eigenvalue weighted by molar-refractivity contribution is -0.138. The van der Waals surface area contributed by atoms with Crippen LogP contribution < -0.4 is 19.8 Å². The van der Waals surface area contributed by atoms with Crippen LogP contribution in [0.25, 0.3) is 0 Å². The Morgan fingerprint density at radius 2 is 1.66 bits per heavy atom. The number of sulfonamides is 1. The zero-order valence-electron chi connectivity index (χ0n) is 20.9. The number of aromatic nitrogens is 2. The number of amides is 1. The average molecular weight is 539 g/mol. The maximum absolute atomic E-state index is 12.6. The topological polar surface area (TPSA) is 145 Å². The van der Waals surface area contributed by atoms with Gasteiger partial charge in [-0.15, -0.1) is 0 Å². The van der Waals surface area contributed by atoms with Gasteiger partial charge in [0.1, 0.15) is 6.04 Å². The molecular weight excluding hydrogens is 508 g/mol. The molecule has 11 nitrogen and oxygen atoms in total. The molecule has 1 aromatic heterocycles. The van der Waals surface area contributed by atoms with E-state index in [0.29, 0.717) is 17.6 Å². The molecule has 0 saturated carbocycles. The summed E-state index contributed by atoms with van der Waals surface area (Å²) in [6.45, 7) is 1.28. The average Bonchev–Trinajstić information content (AvgIpc) is 2.95. The van der Waals surface area contributed by atoms with Crippen LogP contribution in [0.3, 0.4) is 0 Å². The summed E-state index contributed by atoms with van der Waals surface area (Å²) in [6, 6.07) is 15.1. The third-order valence-electron chi connectivity index (χ3n) is 6.49. The number of hydrogen-bond acceptors (Lipinski definition) is 8. The van der Waals surface area contributed by atoms with Crippen molar-refractivity contribution in [2.24, 2.45) is 0 Å². The van der Waals surface area contributed by atoms with E-state index in [4.69, 9.17) is 0 Å². The van der Waals surface area contributed by atoms with E-state index in [2.05, 4.69) is 29.8 Å². The smallest absolute Gasteiger partial charge is 0.323 e. The summed E-state index contributed by atoms with van der Waals surface area (Å²) in [7, 11) is -2.05. The summed E-state index contributed by atoms with van der Waals surface area (Å²) < 4.78 is 27.1. The van der Waals surface area contributed by atoms with Gasteiger partial charge in [-0.25, -0.2) is 18.4 Å². The van der Waals surface area contributed by atoms with Crippen LogP contribution in [0.15, 0.2) is 78.0 Å². The largest absolute Gasteiger partial charge is 0.480 e. The predicted molar refractivity (Wildman–Crippen MR) is 143 cm³/mol.